The van der Waals surface area contributed by atoms with Gasteiger partial charge in [-0.15, -0.1) is 0 Å². The van der Waals surface area contributed by atoms with Crippen LogP contribution in [0.3, 0.4) is 0 Å². The van der Waals surface area contributed by atoms with E-state index in [0.29, 0.717) is 11.6 Å². The fourth-order valence-electron chi connectivity index (χ4n) is 3.23. The van der Waals surface area contributed by atoms with Crippen LogP contribution in [-0.2, 0) is 6.54 Å². The Kier molecular flexibility index (Phi) is 5.89. The molecule has 2 aromatic rings. The second-order valence-electron chi connectivity index (χ2n) is 6.48. The predicted octanol–water partition coefficient (Wildman–Crippen LogP) is 2.12. The summed E-state index contributed by atoms with van der Waals surface area (Å²) in [6, 6.07) is 7.42. The molecule has 0 saturated carbocycles. The highest BCUT2D eigenvalue weighted by Gasteiger charge is 2.16. The molecule has 3 rings (SSSR count). The standard InChI is InChI=1S/C18H24ClN3O2/c19-15-5-4-13-9-14(18(24)21-17(13)10-15)11-20-6-2-8-22-7-1-3-16(23)12-22/h4-5,9-10,16,20,23H,1-3,6-8,11-12H2,(H,21,24). The van der Waals surface area contributed by atoms with E-state index in [-0.39, 0.29) is 11.7 Å². The average Bonchev–Trinajstić information content (AvgIpc) is 2.55. The number of pyridine rings is 1. The van der Waals surface area contributed by atoms with Crippen molar-refractivity contribution in [3.05, 3.63) is 45.2 Å². The molecule has 6 heteroatoms. The molecule has 1 unspecified atom stereocenters. The first-order valence-corrected chi connectivity index (χ1v) is 8.92. The minimum atomic E-state index is -0.170. The highest BCUT2D eigenvalue weighted by atomic mass is 35.5. The second-order valence-corrected chi connectivity index (χ2v) is 6.92. The maximum atomic E-state index is 12.1. The number of likely N-dealkylation sites (tertiary alicyclic amines) is 1. The number of aliphatic hydroxyl groups is 1. The van der Waals surface area contributed by atoms with Gasteiger partial charge in [0.2, 0.25) is 0 Å². The van der Waals surface area contributed by atoms with Gasteiger partial charge in [0.15, 0.2) is 0 Å². The van der Waals surface area contributed by atoms with Crippen LogP contribution in [0.15, 0.2) is 29.1 Å². The molecule has 2 heterocycles. The van der Waals surface area contributed by atoms with Crippen LogP contribution in [-0.4, -0.2) is 47.3 Å². The van der Waals surface area contributed by atoms with E-state index in [2.05, 4.69) is 15.2 Å². The Hall–Kier alpha value is -1.40. The number of H-pyrrole nitrogens is 1. The van der Waals surface area contributed by atoms with Crippen LogP contribution < -0.4 is 10.9 Å². The minimum absolute atomic E-state index is 0.0728. The first-order chi connectivity index (χ1) is 11.6. The molecule has 0 amide bonds. The molecular weight excluding hydrogens is 326 g/mol. The van der Waals surface area contributed by atoms with Crippen LogP contribution in [0.5, 0.6) is 0 Å². The summed E-state index contributed by atoms with van der Waals surface area (Å²) < 4.78 is 0. The summed E-state index contributed by atoms with van der Waals surface area (Å²) in [5, 5.41) is 14.6. The highest BCUT2D eigenvalue weighted by Crippen LogP contribution is 2.16. The molecule has 24 heavy (non-hydrogen) atoms. The monoisotopic (exact) mass is 349 g/mol. The molecule has 5 nitrogen and oxygen atoms in total. The molecule has 3 N–H and O–H groups in total. The molecular formula is C18H24ClN3O2. The van der Waals surface area contributed by atoms with Crippen LogP contribution >= 0.6 is 11.6 Å². The average molecular weight is 350 g/mol. The Morgan fingerprint density at radius 1 is 1.38 bits per heavy atom. The zero-order chi connectivity index (χ0) is 16.9. The van der Waals surface area contributed by atoms with E-state index in [9.17, 15) is 9.90 Å². The van der Waals surface area contributed by atoms with Crippen LogP contribution in [0.1, 0.15) is 24.8 Å². The van der Waals surface area contributed by atoms with Gasteiger partial charge in [-0.25, -0.2) is 0 Å². The van der Waals surface area contributed by atoms with Crippen molar-refractivity contribution in [2.45, 2.75) is 31.9 Å². The van der Waals surface area contributed by atoms with Crippen molar-refractivity contribution in [1.82, 2.24) is 15.2 Å². The number of piperidine rings is 1. The third-order valence-corrected chi connectivity index (χ3v) is 4.74. The molecule has 1 aliphatic heterocycles. The van der Waals surface area contributed by atoms with E-state index in [1.165, 1.54) is 0 Å². The number of nitrogens with one attached hydrogen (secondary N) is 2. The third-order valence-electron chi connectivity index (χ3n) is 4.51. The number of aliphatic hydroxyl groups excluding tert-OH is 1. The molecule has 1 aromatic carbocycles. The Bertz CT molecular complexity index is 747. The fraction of sp³-hybridized carbons (Fsp3) is 0.500. The lowest BCUT2D eigenvalue weighted by molar-refractivity contribution is 0.0702. The molecule has 1 atom stereocenters. The molecule has 1 aromatic heterocycles. The number of aromatic nitrogens is 1. The van der Waals surface area contributed by atoms with Crippen molar-refractivity contribution in [3.63, 3.8) is 0 Å². The first kappa shape index (κ1) is 17.4. The van der Waals surface area contributed by atoms with Crippen molar-refractivity contribution < 1.29 is 5.11 Å². The lowest BCUT2D eigenvalue weighted by atomic mass is 10.1. The number of nitrogens with zero attached hydrogens (tertiary/aromatic N) is 1. The molecule has 1 aliphatic rings. The molecule has 0 aliphatic carbocycles. The summed E-state index contributed by atoms with van der Waals surface area (Å²) in [4.78, 5) is 17.3. The van der Waals surface area contributed by atoms with Gasteiger partial charge in [0.1, 0.15) is 0 Å². The maximum absolute atomic E-state index is 12.1. The summed E-state index contributed by atoms with van der Waals surface area (Å²) in [5.74, 6) is 0. The van der Waals surface area contributed by atoms with Gasteiger partial charge < -0.3 is 20.3 Å². The number of fused-ring (bicyclic) bond motifs is 1. The Labute approximate surface area is 146 Å². The topological polar surface area (TPSA) is 68.4 Å². The lowest BCUT2D eigenvalue weighted by Crippen LogP contribution is -2.39. The zero-order valence-electron chi connectivity index (χ0n) is 13.7. The van der Waals surface area contributed by atoms with Crippen molar-refractivity contribution in [3.8, 4) is 0 Å². The van der Waals surface area contributed by atoms with Gasteiger partial charge in [-0.3, -0.25) is 4.79 Å². The number of hydrogen-bond donors (Lipinski definition) is 3. The van der Waals surface area contributed by atoms with Crippen LogP contribution in [0.4, 0.5) is 0 Å². The van der Waals surface area contributed by atoms with Crippen LogP contribution in [0.25, 0.3) is 10.9 Å². The first-order valence-electron chi connectivity index (χ1n) is 8.54. The molecule has 0 spiro atoms. The SMILES string of the molecule is O=c1[nH]c2cc(Cl)ccc2cc1CNCCCN1CCCC(O)C1. The summed E-state index contributed by atoms with van der Waals surface area (Å²) >= 11 is 5.95. The third kappa shape index (κ3) is 4.57. The fourth-order valence-corrected chi connectivity index (χ4v) is 3.41. The number of aromatic amines is 1. The summed E-state index contributed by atoms with van der Waals surface area (Å²) in [6.07, 6.45) is 2.83. The Morgan fingerprint density at radius 2 is 2.25 bits per heavy atom. The normalized spacial score (nSPS) is 19.0. The van der Waals surface area contributed by atoms with E-state index in [4.69, 9.17) is 11.6 Å². The van der Waals surface area contributed by atoms with Crippen molar-refractivity contribution in [2.24, 2.45) is 0 Å². The number of halogens is 1. The number of rotatable bonds is 6. The van der Waals surface area contributed by atoms with E-state index >= 15 is 0 Å². The number of β-amino-alcohol motifs (C(OH)–C–C–N with tert-alkyl or cyclic N) is 1. The summed E-state index contributed by atoms with van der Waals surface area (Å²) in [7, 11) is 0. The Balaban J connectivity index is 1.48. The van der Waals surface area contributed by atoms with Gasteiger partial charge in [-0.2, -0.15) is 0 Å². The molecule has 0 radical (unpaired) electrons. The smallest absolute Gasteiger partial charge is 0.252 e. The highest BCUT2D eigenvalue weighted by molar-refractivity contribution is 6.31. The molecule has 1 saturated heterocycles. The summed E-state index contributed by atoms with van der Waals surface area (Å²) in [5.41, 5.74) is 1.43. The van der Waals surface area contributed by atoms with Gasteiger partial charge in [-0.1, -0.05) is 17.7 Å². The van der Waals surface area contributed by atoms with Gasteiger partial charge in [0.25, 0.3) is 5.56 Å². The lowest BCUT2D eigenvalue weighted by Gasteiger charge is -2.29. The van der Waals surface area contributed by atoms with Gasteiger partial charge >= 0.3 is 0 Å². The number of hydrogen-bond acceptors (Lipinski definition) is 4. The van der Waals surface area contributed by atoms with E-state index in [1.807, 2.05) is 18.2 Å². The predicted molar refractivity (Wildman–Crippen MR) is 97.6 cm³/mol. The molecule has 130 valence electrons. The largest absolute Gasteiger partial charge is 0.392 e. The van der Waals surface area contributed by atoms with Crippen molar-refractivity contribution in [2.75, 3.05) is 26.2 Å². The van der Waals surface area contributed by atoms with E-state index in [0.717, 1.165) is 61.9 Å². The second kappa shape index (κ2) is 8.12. The molecule has 0 bridgehead atoms. The molecule has 1 fully saturated rings. The summed E-state index contributed by atoms with van der Waals surface area (Å²) in [6.45, 7) is 4.24. The van der Waals surface area contributed by atoms with Crippen molar-refractivity contribution in [1.29, 1.82) is 0 Å². The maximum Gasteiger partial charge on any atom is 0.252 e. The zero-order valence-corrected chi connectivity index (χ0v) is 14.5. The van der Waals surface area contributed by atoms with Gasteiger partial charge in [0, 0.05) is 29.2 Å². The quantitative estimate of drug-likeness (QED) is 0.699. The number of benzene rings is 1. The van der Waals surface area contributed by atoms with E-state index < -0.39 is 0 Å². The van der Waals surface area contributed by atoms with Gasteiger partial charge in [0.05, 0.1) is 6.10 Å². The van der Waals surface area contributed by atoms with E-state index in [1.54, 1.807) is 6.07 Å². The van der Waals surface area contributed by atoms with Crippen LogP contribution in [0.2, 0.25) is 5.02 Å². The van der Waals surface area contributed by atoms with Crippen molar-refractivity contribution >= 4 is 22.5 Å². The minimum Gasteiger partial charge on any atom is -0.392 e. The van der Waals surface area contributed by atoms with Crippen LogP contribution in [0, 0.1) is 0 Å². The Morgan fingerprint density at radius 3 is 3.08 bits per heavy atom. The van der Waals surface area contributed by atoms with Gasteiger partial charge in [-0.05, 0) is 62.5 Å².